The minimum absolute atomic E-state index is 0.0499. The van der Waals surface area contributed by atoms with Crippen LogP contribution >= 0.6 is 11.3 Å². The van der Waals surface area contributed by atoms with Gasteiger partial charge in [-0.3, -0.25) is 4.79 Å². The van der Waals surface area contributed by atoms with Crippen LogP contribution in [0.25, 0.3) is 10.2 Å². The second-order valence-electron chi connectivity index (χ2n) is 9.12. The quantitative estimate of drug-likeness (QED) is 0.560. The molecule has 3 heterocycles. The molecule has 0 unspecified atom stereocenters. The van der Waals surface area contributed by atoms with E-state index >= 15 is 0 Å². The average Bonchev–Trinajstić information content (AvgIpc) is 3.58. The number of nitrogens with zero attached hydrogens (tertiary/aromatic N) is 4. The van der Waals surface area contributed by atoms with Crippen molar-refractivity contribution in [1.82, 2.24) is 19.2 Å². The zero-order valence-electron chi connectivity index (χ0n) is 19.4. The summed E-state index contributed by atoms with van der Waals surface area (Å²) >= 11 is 1.43. The van der Waals surface area contributed by atoms with Gasteiger partial charge in [0, 0.05) is 37.5 Å². The van der Waals surface area contributed by atoms with E-state index in [9.17, 15) is 13.2 Å². The Kier molecular flexibility index (Phi) is 5.54. The third-order valence-corrected chi connectivity index (χ3v) is 9.84. The molecule has 9 heteroatoms. The van der Waals surface area contributed by atoms with Gasteiger partial charge >= 0.3 is 0 Å². The van der Waals surface area contributed by atoms with E-state index < -0.39 is 10.0 Å². The van der Waals surface area contributed by atoms with Crippen LogP contribution in [0.1, 0.15) is 56.6 Å². The molecular formula is C24H28N4O3S2. The number of rotatable bonds is 4. The number of piperazine rings is 1. The second-order valence-corrected chi connectivity index (χ2v) is 12.1. The van der Waals surface area contributed by atoms with Gasteiger partial charge < -0.3 is 4.90 Å². The first-order valence-corrected chi connectivity index (χ1v) is 13.6. The summed E-state index contributed by atoms with van der Waals surface area (Å²) in [6.07, 6.45) is 2.27. The van der Waals surface area contributed by atoms with Crippen molar-refractivity contribution in [2.75, 3.05) is 26.2 Å². The van der Waals surface area contributed by atoms with E-state index in [4.69, 9.17) is 4.98 Å². The predicted octanol–water partition coefficient (Wildman–Crippen LogP) is 3.95. The first-order valence-electron chi connectivity index (χ1n) is 11.3. The smallest absolute Gasteiger partial charge is 0.264 e. The largest absolute Gasteiger partial charge is 0.335 e. The van der Waals surface area contributed by atoms with E-state index in [2.05, 4.69) is 4.98 Å². The van der Waals surface area contributed by atoms with Crippen molar-refractivity contribution in [1.29, 1.82) is 0 Å². The molecule has 1 saturated heterocycles. The Hall–Kier alpha value is -2.36. The number of thiophene rings is 1. The van der Waals surface area contributed by atoms with Gasteiger partial charge in [-0.25, -0.2) is 18.4 Å². The molecular weight excluding hydrogens is 456 g/mol. The van der Waals surface area contributed by atoms with Gasteiger partial charge in [0.1, 0.15) is 10.7 Å². The van der Waals surface area contributed by atoms with Crippen LogP contribution in [-0.2, 0) is 10.0 Å². The van der Waals surface area contributed by atoms with Crippen molar-refractivity contribution >= 4 is 37.5 Å². The summed E-state index contributed by atoms with van der Waals surface area (Å²) in [6.45, 7) is 9.14. The molecule has 1 saturated carbocycles. The number of hydrogen-bond donors (Lipinski definition) is 0. The minimum Gasteiger partial charge on any atom is -0.335 e. The molecule has 33 heavy (non-hydrogen) atoms. The molecule has 1 aromatic carbocycles. The van der Waals surface area contributed by atoms with Gasteiger partial charge in [-0.05, 0) is 69.4 Å². The zero-order valence-corrected chi connectivity index (χ0v) is 21.0. The Balaban J connectivity index is 1.34. The van der Waals surface area contributed by atoms with Crippen molar-refractivity contribution < 1.29 is 13.2 Å². The molecule has 2 aliphatic rings. The lowest BCUT2D eigenvalue weighted by Gasteiger charge is -2.34. The number of sulfonamides is 1. The lowest BCUT2D eigenvalue weighted by atomic mass is 10.1. The SMILES string of the molecule is Cc1ccc(S(=O)(=O)N2CCN(C(=O)c3sc4nc(C5CC5)nc(C)c4c3C)CC2)cc1C. The highest BCUT2D eigenvalue weighted by atomic mass is 32.2. The molecule has 2 fully saturated rings. The molecule has 0 atom stereocenters. The fraction of sp³-hybridized carbons (Fsp3) is 0.458. The van der Waals surface area contributed by atoms with E-state index in [1.807, 2.05) is 33.8 Å². The Morgan fingerprint density at radius 2 is 1.70 bits per heavy atom. The fourth-order valence-corrected chi connectivity index (χ4v) is 7.10. The Labute approximate surface area is 198 Å². The van der Waals surface area contributed by atoms with E-state index in [0.717, 1.165) is 51.3 Å². The lowest BCUT2D eigenvalue weighted by molar-refractivity contribution is 0.0702. The molecule has 0 spiro atoms. The lowest BCUT2D eigenvalue weighted by Crippen LogP contribution is -2.50. The van der Waals surface area contributed by atoms with Crippen molar-refractivity contribution in [2.45, 2.75) is 51.3 Å². The maximum Gasteiger partial charge on any atom is 0.264 e. The summed E-state index contributed by atoms with van der Waals surface area (Å²) in [6, 6.07) is 5.22. The van der Waals surface area contributed by atoms with Crippen molar-refractivity contribution in [2.24, 2.45) is 0 Å². The highest BCUT2D eigenvalue weighted by Gasteiger charge is 2.33. The van der Waals surface area contributed by atoms with Crippen molar-refractivity contribution in [3.63, 3.8) is 0 Å². The predicted molar refractivity (Wildman–Crippen MR) is 129 cm³/mol. The molecule has 5 rings (SSSR count). The number of amides is 1. The van der Waals surface area contributed by atoms with Gasteiger partial charge in [0.25, 0.3) is 5.91 Å². The molecule has 1 amide bonds. The maximum atomic E-state index is 13.4. The Bertz CT molecular complexity index is 1370. The third kappa shape index (κ3) is 3.96. The van der Waals surface area contributed by atoms with E-state index in [-0.39, 0.29) is 19.0 Å². The van der Waals surface area contributed by atoms with E-state index in [1.54, 1.807) is 17.0 Å². The standard InChI is InChI=1S/C24H28N4O3S2/c1-14-5-8-19(13-15(14)2)33(30,31)28-11-9-27(10-12-28)24(29)21-16(3)20-17(4)25-22(18-6-7-18)26-23(20)32-21/h5,8,13,18H,6-7,9-12H2,1-4H3. The first-order chi connectivity index (χ1) is 15.7. The number of fused-ring (bicyclic) bond motifs is 1. The molecule has 174 valence electrons. The maximum absolute atomic E-state index is 13.4. The number of aryl methyl sites for hydroxylation is 4. The summed E-state index contributed by atoms with van der Waals surface area (Å²) in [5, 5.41) is 0.976. The monoisotopic (exact) mass is 484 g/mol. The van der Waals surface area contributed by atoms with Crippen LogP contribution in [0, 0.1) is 27.7 Å². The summed E-state index contributed by atoms with van der Waals surface area (Å²) in [4.78, 5) is 26.4. The fourth-order valence-electron chi connectivity index (χ4n) is 4.39. The van der Waals surface area contributed by atoms with Crippen LogP contribution < -0.4 is 0 Å². The van der Waals surface area contributed by atoms with Gasteiger partial charge in [-0.1, -0.05) is 6.07 Å². The minimum atomic E-state index is -3.58. The van der Waals surface area contributed by atoms with Gasteiger partial charge in [0.15, 0.2) is 0 Å². The van der Waals surface area contributed by atoms with Crippen LogP contribution in [0.15, 0.2) is 23.1 Å². The number of aromatic nitrogens is 2. The van der Waals surface area contributed by atoms with Gasteiger partial charge in [0.2, 0.25) is 10.0 Å². The molecule has 3 aromatic rings. The first kappa shape index (κ1) is 22.4. The number of benzene rings is 1. The van der Waals surface area contributed by atoms with Crippen molar-refractivity contribution in [3.8, 4) is 0 Å². The van der Waals surface area contributed by atoms with E-state index in [1.165, 1.54) is 15.6 Å². The zero-order chi connectivity index (χ0) is 23.5. The van der Waals surface area contributed by atoms with Gasteiger partial charge in [0.05, 0.1) is 15.5 Å². The van der Waals surface area contributed by atoms with Crippen LogP contribution in [0.3, 0.4) is 0 Å². The molecule has 1 aliphatic carbocycles. The molecule has 7 nitrogen and oxygen atoms in total. The molecule has 0 N–H and O–H groups in total. The van der Waals surface area contributed by atoms with Gasteiger partial charge in [-0.2, -0.15) is 4.31 Å². The Morgan fingerprint density at radius 3 is 2.33 bits per heavy atom. The number of carbonyl (C=O) groups excluding carboxylic acids is 1. The van der Waals surface area contributed by atoms with Crippen LogP contribution in [0.2, 0.25) is 0 Å². The van der Waals surface area contributed by atoms with Crippen LogP contribution in [0.5, 0.6) is 0 Å². The topological polar surface area (TPSA) is 83.5 Å². The molecule has 0 radical (unpaired) electrons. The highest BCUT2D eigenvalue weighted by molar-refractivity contribution is 7.89. The Morgan fingerprint density at radius 1 is 1.00 bits per heavy atom. The third-order valence-electron chi connectivity index (χ3n) is 6.77. The highest BCUT2D eigenvalue weighted by Crippen LogP contribution is 2.40. The number of carbonyl (C=O) groups is 1. The van der Waals surface area contributed by atoms with E-state index in [0.29, 0.717) is 28.8 Å². The average molecular weight is 485 g/mol. The van der Waals surface area contributed by atoms with Crippen LogP contribution in [0.4, 0.5) is 0 Å². The summed E-state index contributed by atoms with van der Waals surface area (Å²) in [7, 11) is -3.58. The second kappa shape index (κ2) is 8.14. The van der Waals surface area contributed by atoms with Crippen LogP contribution in [-0.4, -0.2) is 59.7 Å². The molecule has 2 aromatic heterocycles. The summed E-state index contributed by atoms with van der Waals surface area (Å²) in [5.41, 5.74) is 3.87. The molecule has 0 bridgehead atoms. The summed E-state index contributed by atoms with van der Waals surface area (Å²) < 4.78 is 27.7. The molecule has 1 aliphatic heterocycles. The normalized spacial score (nSPS) is 17.6. The number of hydrogen-bond acceptors (Lipinski definition) is 6. The van der Waals surface area contributed by atoms with Crippen molar-refractivity contribution in [3.05, 3.63) is 51.3 Å². The summed E-state index contributed by atoms with van der Waals surface area (Å²) in [5.74, 6) is 1.30. The van der Waals surface area contributed by atoms with Gasteiger partial charge in [-0.15, -0.1) is 11.3 Å².